The minimum Gasteiger partial charge on any atom is -0.361 e. The molecule has 0 aliphatic rings. The molecule has 3 aromatic rings. The summed E-state index contributed by atoms with van der Waals surface area (Å²) < 4.78 is 0. The SMILES string of the molecule is c1ccc(CSCc2c[nH]c3ccccc23)cc1. The number of rotatable bonds is 4. The first-order chi connectivity index (χ1) is 8.93. The number of aromatic amines is 1. The number of para-hydroxylation sites is 1. The third-order valence-electron chi connectivity index (χ3n) is 3.04. The summed E-state index contributed by atoms with van der Waals surface area (Å²) in [5, 5.41) is 1.35. The minimum atomic E-state index is 1.05. The van der Waals surface area contributed by atoms with Crippen molar-refractivity contribution < 1.29 is 0 Å². The maximum absolute atomic E-state index is 3.32. The van der Waals surface area contributed by atoms with Crippen molar-refractivity contribution in [2.75, 3.05) is 0 Å². The highest BCUT2D eigenvalue weighted by molar-refractivity contribution is 7.97. The van der Waals surface area contributed by atoms with Crippen molar-refractivity contribution in [1.29, 1.82) is 0 Å². The molecule has 0 aliphatic carbocycles. The van der Waals surface area contributed by atoms with E-state index in [-0.39, 0.29) is 0 Å². The van der Waals surface area contributed by atoms with Crippen LogP contribution in [0.2, 0.25) is 0 Å². The van der Waals surface area contributed by atoms with Crippen LogP contribution in [-0.4, -0.2) is 4.98 Å². The average Bonchev–Trinajstić information content (AvgIpc) is 2.84. The molecular weight excluding hydrogens is 238 g/mol. The van der Waals surface area contributed by atoms with Crippen molar-refractivity contribution in [2.24, 2.45) is 0 Å². The summed E-state index contributed by atoms with van der Waals surface area (Å²) in [6.07, 6.45) is 2.13. The van der Waals surface area contributed by atoms with Crippen LogP contribution in [0.15, 0.2) is 60.8 Å². The van der Waals surface area contributed by atoms with Crippen molar-refractivity contribution in [3.8, 4) is 0 Å². The van der Waals surface area contributed by atoms with Crippen LogP contribution in [0, 0.1) is 0 Å². The second-order valence-electron chi connectivity index (χ2n) is 4.34. The molecule has 0 amide bonds. The summed E-state index contributed by atoms with van der Waals surface area (Å²) in [4.78, 5) is 3.32. The predicted octanol–water partition coefficient (Wildman–Crippen LogP) is 4.60. The molecule has 90 valence electrons. The fourth-order valence-electron chi connectivity index (χ4n) is 2.10. The van der Waals surface area contributed by atoms with Crippen LogP contribution in [-0.2, 0) is 11.5 Å². The summed E-state index contributed by atoms with van der Waals surface area (Å²) in [5.74, 6) is 2.12. The first kappa shape index (κ1) is 11.4. The lowest BCUT2D eigenvalue weighted by molar-refractivity contribution is 1.36. The van der Waals surface area contributed by atoms with Gasteiger partial charge >= 0.3 is 0 Å². The molecule has 2 aromatic carbocycles. The Labute approximate surface area is 111 Å². The number of hydrogen-bond acceptors (Lipinski definition) is 1. The van der Waals surface area contributed by atoms with Gasteiger partial charge in [0, 0.05) is 28.6 Å². The van der Waals surface area contributed by atoms with Gasteiger partial charge in [-0.05, 0) is 17.2 Å². The molecule has 1 nitrogen and oxygen atoms in total. The van der Waals surface area contributed by atoms with E-state index in [2.05, 4.69) is 65.8 Å². The molecule has 0 atom stereocenters. The van der Waals surface area contributed by atoms with Gasteiger partial charge in [0.2, 0.25) is 0 Å². The van der Waals surface area contributed by atoms with E-state index in [0.717, 1.165) is 11.5 Å². The molecule has 0 saturated heterocycles. The van der Waals surface area contributed by atoms with Crippen LogP contribution in [0.25, 0.3) is 10.9 Å². The minimum absolute atomic E-state index is 1.05. The van der Waals surface area contributed by atoms with Crippen LogP contribution in [0.5, 0.6) is 0 Å². The van der Waals surface area contributed by atoms with Gasteiger partial charge in [-0.1, -0.05) is 48.5 Å². The number of aromatic nitrogens is 1. The van der Waals surface area contributed by atoms with Gasteiger partial charge in [-0.25, -0.2) is 0 Å². The van der Waals surface area contributed by atoms with Crippen LogP contribution >= 0.6 is 11.8 Å². The van der Waals surface area contributed by atoms with Gasteiger partial charge in [0.25, 0.3) is 0 Å². The number of nitrogens with one attached hydrogen (secondary N) is 1. The highest BCUT2D eigenvalue weighted by Crippen LogP contribution is 2.24. The highest BCUT2D eigenvalue weighted by Gasteiger charge is 2.02. The number of H-pyrrole nitrogens is 1. The molecule has 0 fully saturated rings. The Kier molecular flexibility index (Phi) is 3.37. The van der Waals surface area contributed by atoms with Crippen molar-refractivity contribution in [2.45, 2.75) is 11.5 Å². The van der Waals surface area contributed by atoms with Gasteiger partial charge in [-0.3, -0.25) is 0 Å². The average molecular weight is 253 g/mol. The monoisotopic (exact) mass is 253 g/mol. The highest BCUT2D eigenvalue weighted by atomic mass is 32.2. The van der Waals surface area contributed by atoms with Gasteiger partial charge in [-0.15, -0.1) is 0 Å². The largest absolute Gasteiger partial charge is 0.361 e. The molecule has 18 heavy (non-hydrogen) atoms. The molecular formula is C16H15NS. The van der Waals surface area contributed by atoms with E-state index in [4.69, 9.17) is 0 Å². The first-order valence-corrected chi connectivity index (χ1v) is 7.25. The molecule has 0 aliphatic heterocycles. The Morgan fingerprint density at radius 3 is 2.50 bits per heavy atom. The second-order valence-corrected chi connectivity index (χ2v) is 5.32. The molecule has 0 bridgehead atoms. The zero-order valence-corrected chi connectivity index (χ0v) is 10.9. The molecule has 0 unspecified atom stereocenters. The van der Waals surface area contributed by atoms with Crippen molar-refractivity contribution in [3.05, 3.63) is 71.9 Å². The normalized spacial score (nSPS) is 10.9. The fourth-order valence-corrected chi connectivity index (χ4v) is 3.09. The van der Waals surface area contributed by atoms with Gasteiger partial charge in [0.15, 0.2) is 0 Å². The quantitative estimate of drug-likeness (QED) is 0.718. The predicted molar refractivity (Wildman–Crippen MR) is 79.7 cm³/mol. The van der Waals surface area contributed by atoms with Crippen LogP contribution in [0.3, 0.4) is 0 Å². The Bertz CT molecular complexity index is 628. The van der Waals surface area contributed by atoms with Crippen molar-refractivity contribution in [3.63, 3.8) is 0 Å². The number of hydrogen-bond donors (Lipinski definition) is 1. The lowest BCUT2D eigenvalue weighted by atomic mass is 10.2. The number of thioether (sulfide) groups is 1. The maximum Gasteiger partial charge on any atom is 0.0457 e. The van der Waals surface area contributed by atoms with Crippen LogP contribution in [0.4, 0.5) is 0 Å². The molecule has 1 heterocycles. The third kappa shape index (κ3) is 2.44. The van der Waals surface area contributed by atoms with E-state index in [1.165, 1.54) is 22.0 Å². The molecule has 1 aromatic heterocycles. The molecule has 0 radical (unpaired) electrons. The molecule has 2 heteroatoms. The summed E-state index contributed by atoms with van der Waals surface area (Å²) in [6.45, 7) is 0. The van der Waals surface area contributed by atoms with E-state index in [1.807, 2.05) is 11.8 Å². The lowest BCUT2D eigenvalue weighted by Gasteiger charge is -2.01. The number of fused-ring (bicyclic) bond motifs is 1. The Balaban J connectivity index is 1.67. The van der Waals surface area contributed by atoms with Gasteiger partial charge < -0.3 is 4.98 Å². The maximum atomic E-state index is 3.32. The fraction of sp³-hybridized carbons (Fsp3) is 0.125. The van der Waals surface area contributed by atoms with Gasteiger partial charge in [0.05, 0.1) is 0 Å². The first-order valence-electron chi connectivity index (χ1n) is 6.10. The third-order valence-corrected chi connectivity index (χ3v) is 4.10. The smallest absolute Gasteiger partial charge is 0.0457 e. The lowest BCUT2D eigenvalue weighted by Crippen LogP contribution is -1.81. The zero-order chi connectivity index (χ0) is 12.2. The van der Waals surface area contributed by atoms with E-state index in [0.29, 0.717) is 0 Å². The molecule has 1 N–H and O–H groups in total. The van der Waals surface area contributed by atoms with E-state index < -0.39 is 0 Å². The zero-order valence-electron chi connectivity index (χ0n) is 10.1. The Morgan fingerprint density at radius 2 is 1.61 bits per heavy atom. The standard InChI is InChI=1S/C16H15NS/c1-2-6-13(7-3-1)11-18-12-14-10-17-16-9-5-4-8-15(14)16/h1-10,17H,11-12H2. The topological polar surface area (TPSA) is 15.8 Å². The van der Waals surface area contributed by atoms with E-state index >= 15 is 0 Å². The molecule has 3 rings (SSSR count). The molecule has 0 saturated carbocycles. The van der Waals surface area contributed by atoms with E-state index in [9.17, 15) is 0 Å². The van der Waals surface area contributed by atoms with Crippen LogP contribution < -0.4 is 0 Å². The summed E-state index contributed by atoms with van der Waals surface area (Å²) >= 11 is 1.96. The summed E-state index contributed by atoms with van der Waals surface area (Å²) in [6, 6.07) is 19.1. The molecule has 0 spiro atoms. The summed E-state index contributed by atoms with van der Waals surface area (Å²) in [5.41, 5.74) is 4.02. The van der Waals surface area contributed by atoms with E-state index in [1.54, 1.807) is 0 Å². The van der Waals surface area contributed by atoms with Crippen molar-refractivity contribution in [1.82, 2.24) is 4.98 Å². The van der Waals surface area contributed by atoms with Gasteiger partial charge in [0.1, 0.15) is 0 Å². The summed E-state index contributed by atoms with van der Waals surface area (Å²) in [7, 11) is 0. The Morgan fingerprint density at radius 1 is 0.833 bits per heavy atom. The Hall–Kier alpha value is -1.67. The van der Waals surface area contributed by atoms with Crippen LogP contribution in [0.1, 0.15) is 11.1 Å². The van der Waals surface area contributed by atoms with Crippen molar-refractivity contribution >= 4 is 22.7 Å². The number of benzene rings is 2. The second kappa shape index (κ2) is 5.32. The van der Waals surface area contributed by atoms with Gasteiger partial charge in [-0.2, -0.15) is 11.8 Å².